The number of piperazine rings is 1. The Bertz CT molecular complexity index is 1620. The molecule has 4 aromatic rings. The third kappa shape index (κ3) is 6.84. The SMILES string of the molecule is O=C(CC(F)(F)F)N1CCN(Cc2ccnc(Cc3nc4ccc(-c5ccn(CC6CC6)c(=O)c5)cc4[nH]3)c2)CC1. The number of rotatable bonds is 8. The Kier molecular flexibility index (Phi) is 7.37. The number of hydrogen-bond acceptors (Lipinski definition) is 5. The molecule has 3 aromatic heterocycles. The number of amides is 1. The normalized spacial score (nSPS) is 16.4. The van der Waals surface area contributed by atoms with E-state index in [1.54, 1.807) is 16.8 Å². The van der Waals surface area contributed by atoms with Crippen LogP contribution in [0.1, 0.15) is 36.3 Å². The molecule has 1 aromatic carbocycles. The quantitative estimate of drug-likeness (QED) is 0.343. The minimum Gasteiger partial charge on any atom is -0.342 e. The number of carbonyl (C=O) groups excluding carboxylic acids is 1. The fraction of sp³-hybridized carbons (Fsp3) is 0.400. The number of alkyl halides is 3. The predicted molar refractivity (Wildman–Crippen MR) is 148 cm³/mol. The van der Waals surface area contributed by atoms with Crippen LogP contribution in [0.5, 0.6) is 0 Å². The molecule has 41 heavy (non-hydrogen) atoms. The number of hydrogen-bond donors (Lipinski definition) is 1. The van der Waals surface area contributed by atoms with Crippen molar-refractivity contribution in [1.29, 1.82) is 0 Å². The van der Waals surface area contributed by atoms with E-state index in [9.17, 15) is 22.8 Å². The van der Waals surface area contributed by atoms with Gasteiger partial charge in [0.05, 0.1) is 11.0 Å². The monoisotopic (exact) mass is 564 g/mol. The molecule has 6 rings (SSSR count). The molecular formula is C30H31F3N6O2. The van der Waals surface area contributed by atoms with Crippen LogP contribution in [-0.4, -0.2) is 67.6 Å². The number of H-pyrrole nitrogens is 1. The van der Waals surface area contributed by atoms with Gasteiger partial charge in [0, 0.05) is 69.8 Å². The van der Waals surface area contributed by atoms with Crippen molar-refractivity contribution >= 4 is 16.9 Å². The van der Waals surface area contributed by atoms with Gasteiger partial charge in [-0.2, -0.15) is 13.2 Å². The standard InChI is InChI=1S/C30H31F3N6O2/c31-30(32,33)17-29(41)38-11-9-37(10-12-38)18-21-5-7-34-24(13-21)16-27-35-25-4-3-22(14-26(25)36-27)23-6-8-39(28(40)15-23)19-20-1-2-20/h3-8,13-15,20H,1-2,9-12,16-19H2,(H,35,36). The Morgan fingerprint density at radius 3 is 2.51 bits per heavy atom. The van der Waals surface area contributed by atoms with Gasteiger partial charge in [0.15, 0.2) is 0 Å². The highest BCUT2D eigenvalue weighted by molar-refractivity contribution is 5.82. The summed E-state index contributed by atoms with van der Waals surface area (Å²) in [6.07, 6.45) is 0.650. The number of carbonyl (C=O) groups is 1. The highest BCUT2D eigenvalue weighted by atomic mass is 19.4. The van der Waals surface area contributed by atoms with E-state index in [0.717, 1.165) is 45.8 Å². The molecular weight excluding hydrogens is 533 g/mol. The van der Waals surface area contributed by atoms with Crippen LogP contribution in [0.15, 0.2) is 59.7 Å². The maximum Gasteiger partial charge on any atom is 0.397 e. The van der Waals surface area contributed by atoms with E-state index in [2.05, 4.69) is 14.9 Å². The lowest BCUT2D eigenvalue weighted by molar-refractivity contribution is -0.162. The van der Waals surface area contributed by atoms with Gasteiger partial charge in [-0.25, -0.2) is 4.98 Å². The second-order valence-electron chi connectivity index (χ2n) is 11.0. The fourth-order valence-electron chi connectivity index (χ4n) is 5.33. The molecule has 1 saturated heterocycles. The molecule has 0 bridgehead atoms. The first kappa shape index (κ1) is 27.2. The first-order valence-electron chi connectivity index (χ1n) is 13.9. The number of benzene rings is 1. The molecule has 0 spiro atoms. The largest absolute Gasteiger partial charge is 0.397 e. The molecule has 1 amide bonds. The van der Waals surface area contributed by atoms with Crippen molar-refractivity contribution in [3.8, 4) is 11.1 Å². The minimum absolute atomic E-state index is 0.0163. The van der Waals surface area contributed by atoms with Crippen LogP contribution in [0, 0.1) is 5.92 Å². The lowest BCUT2D eigenvalue weighted by atomic mass is 10.1. The van der Waals surface area contributed by atoms with E-state index in [-0.39, 0.29) is 18.6 Å². The molecule has 2 fully saturated rings. The lowest BCUT2D eigenvalue weighted by Gasteiger charge is -2.35. The predicted octanol–water partition coefficient (Wildman–Crippen LogP) is 4.38. The summed E-state index contributed by atoms with van der Waals surface area (Å²) in [5, 5.41) is 0. The average molecular weight is 565 g/mol. The summed E-state index contributed by atoms with van der Waals surface area (Å²) < 4.78 is 39.4. The molecule has 214 valence electrons. The molecule has 4 heterocycles. The van der Waals surface area contributed by atoms with Crippen molar-refractivity contribution in [2.45, 2.75) is 44.9 Å². The van der Waals surface area contributed by atoms with Crippen LogP contribution < -0.4 is 5.56 Å². The van der Waals surface area contributed by atoms with Gasteiger partial charge in [-0.05, 0) is 65.8 Å². The van der Waals surface area contributed by atoms with E-state index in [0.29, 0.717) is 32.0 Å². The molecule has 1 N–H and O–H groups in total. The Hall–Kier alpha value is -3.99. The van der Waals surface area contributed by atoms with E-state index in [1.165, 1.54) is 17.7 Å². The number of fused-ring (bicyclic) bond motifs is 1. The first-order valence-corrected chi connectivity index (χ1v) is 13.9. The molecule has 11 heteroatoms. The molecule has 0 unspecified atom stereocenters. The van der Waals surface area contributed by atoms with Crippen LogP contribution in [0.3, 0.4) is 0 Å². The third-order valence-corrected chi connectivity index (χ3v) is 7.72. The maximum atomic E-state index is 12.6. The Morgan fingerprint density at radius 2 is 1.78 bits per heavy atom. The molecule has 2 aliphatic rings. The summed E-state index contributed by atoms with van der Waals surface area (Å²) in [5.74, 6) is 0.548. The van der Waals surface area contributed by atoms with Gasteiger partial charge in [0.1, 0.15) is 12.2 Å². The van der Waals surface area contributed by atoms with Crippen molar-refractivity contribution in [2.75, 3.05) is 26.2 Å². The smallest absolute Gasteiger partial charge is 0.342 e. The zero-order valence-corrected chi connectivity index (χ0v) is 22.5. The Morgan fingerprint density at radius 1 is 1.00 bits per heavy atom. The topological polar surface area (TPSA) is 87.1 Å². The van der Waals surface area contributed by atoms with Gasteiger partial charge in [-0.15, -0.1) is 0 Å². The zero-order chi connectivity index (χ0) is 28.6. The molecule has 1 aliphatic heterocycles. The molecule has 0 atom stereocenters. The summed E-state index contributed by atoms with van der Waals surface area (Å²) in [4.78, 5) is 40.5. The second-order valence-corrected chi connectivity index (χ2v) is 11.0. The number of imidazole rings is 1. The Labute approximate surface area is 234 Å². The highest BCUT2D eigenvalue weighted by Crippen LogP contribution is 2.30. The van der Waals surface area contributed by atoms with Gasteiger partial charge in [0.2, 0.25) is 5.91 Å². The summed E-state index contributed by atoms with van der Waals surface area (Å²) >= 11 is 0. The number of nitrogens with zero attached hydrogens (tertiary/aromatic N) is 5. The summed E-state index contributed by atoms with van der Waals surface area (Å²) in [5.41, 5.74) is 5.44. The molecule has 8 nitrogen and oxygen atoms in total. The van der Waals surface area contributed by atoms with Crippen LogP contribution >= 0.6 is 0 Å². The minimum atomic E-state index is -4.48. The second kappa shape index (κ2) is 11.1. The van der Waals surface area contributed by atoms with E-state index in [1.807, 2.05) is 42.6 Å². The summed E-state index contributed by atoms with van der Waals surface area (Å²) in [7, 11) is 0. The summed E-state index contributed by atoms with van der Waals surface area (Å²) in [6, 6.07) is 13.5. The molecule has 0 radical (unpaired) electrons. The van der Waals surface area contributed by atoms with E-state index < -0.39 is 18.5 Å². The van der Waals surface area contributed by atoms with Crippen LogP contribution in [0.25, 0.3) is 22.2 Å². The van der Waals surface area contributed by atoms with Gasteiger partial charge < -0.3 is 14.5 Å². The van der Waals surface area contributed by atoms with E-state index in [4.69, 9.17) is 4.98 Å². The van der Waals surface area contributed by atoms with Crippen LogP contribution in [-0.2, 0) is 24.3 Å². The van der Waals surface area contributed by atoms with Crippen molar-refractivity contribution in [2.24, 2.45) is 5.92 Å². The van der Waals surface area contributed by atoms with Gasteiger partial charge in [0.25, 0.3) is 5.56 Å². The van der Waals surface area contributed by atoms with Crippen LogP contribution in [0.4, 0.5) is 13.2 Å². The fourth-order valence-corrected chi connectivity index (χ4v) is 5.33. The van der Waals surface area contributed by atoms with E-state index >= 15 is 0 Å². The van der Waals surface area contributed by atoms with Gasteiger partial charge in [-0.1, -0.05) is 6.07 Å². The highest BCUT2D eigenvalue weighted by Gasteiger charge is 2.34. The van der Waals surface area contributed by atoms with Gasteiger partial charge >= 0.3 is 6.18 Å². The van der Waals surface area contributed by atoms with Crippen molar-refractivity contribution < 1.29 is 18.0 Å². The molecule has 1 aliphatic carbocycles. The Balaban J connectivity index is 1.08. The lowest BCUT2D eigenvalue weighted by Crippen LogP contribution is -2.49. The van der Waals surface area contributed by atoms with Crippen molar-refractivity contribution in [3.63, 3.8) is 0 Å². The number of aromatic amines is 1. The first-order chi connectivity index (χ1) is 19.7. The number of nitrogens with one attached hydrogen (secondary N) is 1. The zero-order valence-electron chi connectivity index (χ0n) is 22.5. The maximum absolute atomic E-state index is 12.6. The number of aromatic nitrogens is 4. The van der Waals surface area contributed by atoms with Crippen molar-refractivity contribution in [1.82, 2.24) is 29.3 Å². The van der Waals surface area contributed by atoms with Crippen LogP contribution in [0.2, 0.25) is 0 Å². The summed E-state index contributed by atoms with van der Waals surface area (Å²) in [6.45, 7) is 3.02. The van der Waals surface area contributed by atoms with Crippen molar-refractivity contribution in [3.05, 3.63) is 82.3 Å². The molecule has 1 saturated carbocycles. The number of halogens is 3. The third-order valence-electron chi connectivity index (χ3n) is 7.72. The van der Waals surface area contributed by atoms with Gasteiger partial charge in [-0.3, -0.25) is 19.5 Å². The number of pyridine rings is 2. The average Bonchev–Trinajstić information content (AvgIpc) is 3.66.